The van der Waals surface area contributed by atoms with Crippen molar-refractivity contribution in [3.05, 3.63) is 18.5 Å². The second-order valence-corrected chi connectivity index (χ2v) is 2.00. The molecule has 5 nitrogen and oxygen atoms in total. The van der Waals surface area contributed by atoms with Gasteiger partial charge in [0.2, 0.25) is 0 Å². The van der Waals surface area contributed by atoms with Crippen LogP contribution in [0.2, 0.25) is 0 Å². The van der Waals surface area contributed by atoms with Crippen molar-refractivity contribution in [3.8, 4) is 0 Å². The second-order valence-electron chi connectivity index (χ2n) is 2.00. The number of hydrogen-bond acceptors (Lipinski definition) is 3. The normalized spacial score (nSPS) is 10.2. The quantitative estimate of drug-likeness (QED) is 0.612. The van der Waals surface area contributed by atoms with Crippen LogP contribution < -0.4 is 4.84 Å². The number of nitrogens with one attached hydrogen (secondary N) is 1. The Balaban J connectivity index is 2.59. The van der Waals surface area contributed by atoms with E-state index in [2.05, 4.69) is 14.9 Å². The first-order chi connectivity index (χ1) is 5.42. The average Bonchev–Trinajstić information content (AvgIpc) is 2.53. The summed E-state index contributed by atoms with van der Waals surface area (Å²) in [4.78, 5) is 18.4. The fourth-order valence-electron chi connectivity index (χ4n) is 0.936. The molecule has 0 aliphatic carbocycles. The third-order valence-corrected chi connectivity index (χ3v) is 1.39. The third kappa shape index (κ3) is 0.778. The maximum Gasteiger partial charge on any atom is 0.323 e. The Morgan fingerprint density at radius 1 is 1.73 bits per heavy atom. The summed E-state index contributed by atoms with van der Waals surface area (Å²) in [7, 11) is 0. The summed E-state index contributed by atoms with van der Waals surface area (Å²) in [5.41, 5.74) is 0.678. The zero-order chi connectivity index (χ0) is 7.68. The van der Waals surface area contributed by atoms with Crippen LogP contribution in [-0.2, 0) is 4.79 Å². The van der Waals surface area contributed by atoms with Gasteiger partial charge < -0.3 is 9.82 Å². The summed E-state index contributed by atoms with van der Waals surface area (Å²) >= 11 is 0. The van der Waals surface area contributed by atoms with Gasteiger partial charge in [0.25, 0.3) is 0 Å². The summed E-state index contributed by atoms with van der Waals surface area (Å²) in [5, 5.41) is 4.69. The summed E-state index contributed by atoms with van der Waals surface area (Å²) in [6, 6.07) is 1.84. The first-order valence-corrected chi connectivity index (χ1v) is 3.04. The summed E-state index contributed by atoms with van der Waals surface area (Å²) in [6.07, 6.45) is 3.35. The standard InChI is InChI=1S/C6H5N3O2/c10-4-11-9-6-5(3-8-9)1-2-7-6/h1-4,7H. The van der Waals surface area contributed by atoms with Crippen LogP contribution in [0.3, 0.4) is 0 Å². The molecule has 0 aliphatic heterocycles. The Morgan fingerprint density at radius 2 is 2.64 bits per heavy atom. The molecule has 0 aromatic carbocycles. The fourth-order valence-corrected chi connectivity index (χ4v) is 0.936. The highest BCUT2D eigenvalue weighted by molar-refractivity contribution is 5.74. The molecule has 0 spiro atoms. The van der Waals surface area contributed by atoms with Crippen LogP contribution in [0.5, 0.6) is 0 Å². The van der Waals surface area contributed by atoms with E-state index >= 15 is 0 Å². The second kappa shape index (κ2) is 2.12. The number of hydrogen-bond donors (Lipinski definition) is 1. The van der Waals surface area contributed by atoms with E-state index in [9.17, 15) is 4.79 Å². The molecule has 2 heterocycles. The minimum Gasteiger partial charge on any atom is -0.343 e. The van der Waals surface area contributed by atoms with E-state index in [1.807, 2.05) is 6.07 Å². The van der Waals surface area contributed by atoms with Gasteiger partial charge in [-0.3, -0.25) is 4.79 Å². The van der Waals surface area contributed by atoms with Gasteiger partial charge in [-0.15, -0.1) is 5.10 Å². The van der Waals surface area contributed by atoms with Crippen LogP contribution in [0.25, 0.3) is 11.0 Å². The minimum absolute atomic E-state index is 0.327. The highest BCUT2D eigenvalue weighted by Gasteiger charge is 2.01. The van der Waals surface area contributed by atoms with Gasteiger partial charge in [0.05, 0.1) is 6.20 Å². The van der Waals surface area contributed by atoms with E-state index in [1.54, 1.807) is 12.4 Å². The van der Waals surface area contributed by atoms with Crippen molar-refractivity contribution in [1.82, 2.24) is 14.9 Å². The van der Waals surface area contributed by atoms with Gasteiger partial charge in [-0.05, 0) is 6.07 Å². The average molecular weight is 151 g/mol. The van der Waals surface area contributed by atoms with Gasteiger partial charge in [-0.1, -0.05) is 4.85 Å². The van der Waals surface area contributed by atoms with Gasteiger partial charge in [0.1, 0.15) is 0 Å². The fraction of sp³-hybridized carbons (Fsp3) is 0. The largest absolute Gasteiger partial charge is 0.343 e. The molecule has 0 bridgehead atoms. The van der Waals surface area contributed by atoms with Gasteiger partial charge in [-0.25, -0.2) is 0 Å². The predicted molar refractivity (Wildman–Crippen MR) is 36.7 cm³/mol. The molecule has 0 radical (unpaired) electrons. The van der Waals surface area contributed by atoms with E-state index in [0.717, 1.165) is 10.2 Å². The van der Waals surface area contributed by atoms with Crippen LogP contribution in [-0.4, -0.2) is 21.4 Å². The minimum atomic E-state index is 0.327. The van der Waals surface area contributed by atoms with Crippen molar-refractivity contribution >= 4 is 17.5 Å². The highest BCUT2D eigenvalue weighted by Crippen LogP contribution is 2.08. The monoisotopic (exact) mass is 151 g/mol. The van der Waals surface area contributed by atoms with Crippen molar-refractivity contribution in [1.29, 1.82) is 0 Å². The molecule has 0 fully saturated rings. The molecule has 0 atom stereocenters. The number of aromatic nitrogens is 3. The lowest BCUT2D eigenvalue weighted by atomic mass is 10.5. The number of fused-ring (bicyclic) bond motifs is 1. The van der Waals surface area contributed by atoms with Gasteiger partial charge in [-0.2, -0.15) is 0 Å². The maximum absolute atomic E-state index is 9.94. The van der Waals surface area contributed by atoms with Crippen LogP contribution in [0.15, 0.2) is 18.5 Å². The predicted octanol–water partition coefficient (Wildman–Crippen LogP) is -0.0506. The SMILES string of the molecule is O=COn1ncc2cc[nH]c21. The van der Waals surface area contributed by atoms with E-state index < -0.39 is 0 Å². The molecule has 2 aromatic rings. The van der Waals surface area contributed by atoms with E-state index in [1.165, 1.54) is 0 Å². The Labute approximate surface area is 61.5 Å². The molecular formula is C6H5N3O2. The number of H-pyrrole nitrogens is 1. The van der Waals surface area contributed by atoms with E-state index in [4.69, 9.17) is 0 Å². The number of aromatic amines is 1. The van der Waals surface area contributed by atoms with E-state index in [-0.39, 0.29) is 0 Å². The Bertz CT molecular complexity index is 376. The molecule has 56 valence electrons. The zero-order valence-electron chi connectivity index (χ0n) is 5.52. The number of carbonyl (C=O) groups excluding carboxylic acids is 1. The van der Waals surface area contributed by atoms with Crippen molar-refractivity contribution < 1.29 is 9.63 Å². The summed E-state index contributed by atoms with van der Waals surface area (Å²) < 4.78 is 0. The van der Waals surface area contributed by atoms with Crippen molar-refractivity contribution in [2.24, 2.45) is 0 Å². The maximum atomic E-state index is 9.94. The number of rotatable bonds is 2. The van der Waals surface area contributed by atoms with E-state index in [0.29, 0.717) is 12.1 Å². The molecule has 2 rings (SSSR count). The Hall–Kier alpha value is -1.78. The molecule has 11 heavy (non-hydrogen) atoms. The summed E-state index contributed by atoms with van der Waals surface area (Å²) in [6.45, 7) is 0.327. The smallest absolute Gasteiger partial charge is 0.323 e. The highest BCUT2D eigenvalue weighted by atomic mass is 16.7. The lowest BCUT2D eigenvalue weighted by molar-refractivity contribution is -0.130. The number of nitrogens with zero attached hydrogens (tertiary/aromatic N) is 2. The zero-order valence-corrected chi connectivity index (χ0v) is 5.52. The molecule has 0 saturated heterocycles. The van der Waals surface area contributed by atoms with Gasteiger partial charge in [0.15, 0.2) is 5.65 Å². The summed E-state index contributed by atoms with van der Waals surface area (Å²) in [5.74, 6) is 0. The number of carbonyl (C=O) groups is 1. The molecule has 0 saturated carbocycles. The molecule has 5 heteroatoms. The lowest BCUT2D eigenvalue weighted by Crippen LogP contribution is -2.10. The van der Waals surface area contributed by atoms with Crippen molar-refractivity contribution in [3.63, 3.8) is 0 Å². The first kappa shape index (κ1) is 5.96. The Morgan fingerprint density at radius 3 is 3.45 bits per heavy atom. The molecule has 0 amide bonds. The van der Waals surface area contributed by atoms with Crippen molar-refractivity contribution in [2.45, 2.75) is 0 Å². The first-order valence-electron chi connectivity index (χ1n) is 3.04. The lowest BCUT2D eigenvalue weighted by Gasteiger charge is -1.92. The molecule has 2 aromatic heterocycles. The Kier molecular flexibility index (Phi) is 1.15. The van der Waals surface area contributed by atoms with Gasteiger partial charge in [0, 0.05) is 11.6 Å². The molecule has 0 aliphatic rings. The van der Waals surface area contributed by atoms with Crippen LogP contribution in [0.1, 0.15) is 0 Å². The van der Waals surface area contributed by atoms with Crippen LogP contribution >= 0.6 is 0 Å². The molecular weight excluding hydrogens is 146 g/mol. The molecule has 0 unspecified atom stereocenters. The third-order valence-electron chi connectivity index (χ3n) is 1.39. The van der Waals surface area contributed by atoms with Crippen molar-refractivity contribution in [2.75, 3.05) is 0 Å². The topological polar surface area (TPSA) is 59.9 Å². The van der Waals surface area contributed by atoms with Crippen LogP contribution in [0, 0.1) is 0 Å². The van der Waals surface area contributed by atoms with Gasteiger partial charge >= 0.3 is 6.47 Å². The molecule has 1 N–H and O–H groups in total. The van der Waals surface area contributed by atoms with Crippen LogP contribution in [0.4, 0.5) is 0 Å².